The molecule has 146 valence electrons. The summed E-state index contributed by atoms with van der Waals surface area (Å²) >= 11 is 3.45. The highest BCUT2D eigenvalue weighted by Crippen LogP contribution is 2.38. The Bertz CT molecular complexity index is 836. The zero-order valence-corrected chi connectivity index (χ0v) is 17.4. The van der Waals surface area contributed by atoms with Gasteiger partial charge in [-0.05, 0) is 24.5 Å². The number of aromatic hydroxyl groups is 1. The molecule has 0 heterocycles. The molecule has 0 radical (unpaired) electrons. The minimum atomic E-state index is -0.566. The Hall–Kier alpha value is -2.28. The highest BCUT2D eigenvalue weighted by molar-refractivity contribution is 9.10. The molecule has 0 saturated heterocycles. The van der Waals surface area contributed by atoms with Crippen molar-refractivity contribution in [2.75, 3.05) is 18.5 Å². The second-order valence-electron chi connectivity index (χ2n) is 6.71. The summed E-state index contributed by atoms with van der Waals surface area (Å²) < 4.78 is 5.74. The van der Waals surface area contributed by atoms with Crippen molar-refractivity contribution in [3.63, 3.8) is 0 Å². The van der Waals surface area contributed by atoms with E-state index in [9.17, 15) is 14.7 Å². The Morgan fingerprint density at radius 3 is 2.70 bits per heavy atom. The minimum absolute atomic E-state index is 0.124. The van der Waals surface area contributed by atoms with Gasteiger partial charge in [0, 0.05) is 21.8 Å². The van der Waals surface area contributed by atoms with Crippen LogP contribution >= 0.6 is 15.9 Å². The summed E-state index contributed by atoms with van der Waals surface area (Å²) in [6, 6.07) is 6.67. The maximum Gasteiger partial charge on any atom is 0.411 e. The van der Waals surface area contributed by atoms with Gasteiger partial charge in [0.2, 0.25) is 0 Å². The van der Waals surface area contributed by atoms with Gasteiger partial charge in [0.05, 0.1) is 17.9 Å². The third-order valence-corrected chi connectivity index (χ3v) is 4.56. The Morgan fingerprint density at radius 2 is 2.04 bits per heavy atom. The normalized spacial score (nSPS) is 10.9. The molecule has 0 atom stereocenters. The largest absolute Gasteiger partial charge is 0.506 e. The van der Waals surface area contributed by atoms with Crippen molar-refractivity contribution in [1.29, 1.82) is 0 Å². The molecule has 7 heteroatoms. The third kappa shape index (κ3) is 5.35. The van der Waals surface area contributed by atoms with E-state index >= 15 is 0 Å². The van der Waals surface area contributed by atoms with Gasteiger partial charge >= 0.3 is 6.09 Å². The van der Waals surface area contributed by atoms with Crippen LogP contribution in [0.1, 0.15) is 44.0 Å². The SMILES string of the molecule is CCCCNC(=O)c1cc(Br)c2c(NC(=O)OCC(C)C)cccc2c1O. The van der Waals surface area contributed by atoms with E-state index in [1.165, 1.54) is 0 Å². The first kappa shape index (κ1) is 21.0. The number of carbonyl (C=O) groups excluding carboxylic acids is 2. The number of phenolic OH excluding ortho intramolecular Hbond substituents is 1. The number of halogens is 1. The number of benzene rings is 2. The molecule has 2 aromatic rings. The predicted octanol–water partition coefficient (Wildman–Crippen LogP) is 5.04. The number of nitrogens with one attached hydrogen (secondary N) is 2. The van der Waals surface area contributed by atoms with Crippen molar-refractivity contribution in [2.45, 2.75) is 33.6 Å². The molecule has 6 nitrogen and oxygen atoms in total. The maximum atomic E-state index is 12.4. The van der Waals surface area contributed by atoms with Gasteiger partial charge < -0.3 is 15.2 Å². The van der Waals surface area contributed by atoms with Crippen LogP contribution in [0.15, 0.2) is 28.7 Å². The summed E-state index contributed by atoms with van der Waals surface area (Å²) in [6.45, 7) is 6.80. The summed E-state index contributed by atoms with van der Waals surface area (Å²) in [5.74, 6) is -0.229. The number of rotatable bonds is 7. The van der Waals surface area contributed by atoms with Gasteiger partial charge in [-0.3, -0.25) is 10.1 Å². The summed E-state index contributed by atoms with van der Waals surface area (Å²) in [6.07, 6.45) is 1.27. The van der Waals surface area contributed by atoms with Gasteiger partial charge in [-0.2, -0.15) is 0 Å². The van der Waals surface area contributed by atoms with E-state index in [1.807, 2.05) is 20.8 Å². The number of carbonyl (C=O) groups is 2. The fraction of sp³-hybridized carbons (Fsp3) is 0.400. The van der Waals surface area contributed by atoms with Gasteiger partial charge in [0.15, 0.2) is 0 Å². The van der Waals surface area contributed by atoms with Gasteiger partial charge in [-0.25, -0.2) is 4.79 Å². The van der Waals surface area contributed by atoms with E-state index in [0.29, 0.717) is 34.1 Å². The Labute approximate surface area is 167 Å². The summed E-state index contributed by atoms with van der Waals surface area (Å²) in [4.78, 5) is 24.4. The molecule has 0 spiro atoms. The Morgan fingerprint density at radius 1 is 1.30 bits per heavy atom. The number of phenols is 1. The van der Waals surface area contributed by atoms with Crippen LogP contribution in [-0.4, -0.2) is 30.3 Å². The zero-order chi connectivity index (χ0) is 20.0. The predicted molar refractivity (Wildman–Crippen MR) is 110 cm³/mol. The van der Waals surface area contributed by atoms with Crippen LogP contribution in [0.4, 0.5) is 10.5 Å². The van der Waals surface area contributed by atoms with Crippen molar-refractivity contribution < 1.29 is 19.4 Å². The molecule has 0 fully saturated rings. The fourth-order valence-electron chi connectivity index (χ4n) is 2.56. The van der Waals surface area contributed by atoms with Gasteiger partial charge in [0.25, 0.3) is 5.91 Å². The van der Waals surface area contributed by atoms with Gasteiger partial charge in [-0.15, -0.1) is 0 Å². The van der Waals surface area contributed by atoms with Crippen LogP contribution in [-0.2, 0) is 4.74 Å². The molecular formula is C20H25BrN2O4. The molecule has 27 heavy (non-hydrogen) atoms. The van der Waals surface area contributed by atoms with E-state index in [-0.39, 0.29) is 23.1 Å². The molecule has 0 saturated carbocycles. The van der Waals surface area contributed by atoms with Crippen molar-refractivity contribution in [3.8, 4) is 5.75 Å². The molecule has 0 unspecified atom stereocenters. The average Bonchev–Trinajstić information content (AvgIpc) is 2.63. The number of amides is 2. The number of anilines is 1. The van der Waals surface area contributed by atoms with E-state index in [1.54, 1.807) is 24.3 Å². The Balaban J connectivity index is 2.34. The van der Waals surface area contributed by atoms with E-state index in [4.69, 9.17) is 4.74 Å². The molecular weight excluding hydrogens is 412 g/mol. The standard InChI is InChI=1S/C20H25BrN2O4/c1-4-5-9-22-19(25)14-10-15(21)17-13(18(14)24)7-6-8-16(17)23-20(26)27-11-12(2)3/h6-8,10,12,24H,4-5,9,11H2,1-3H3,(H,22,25)(H,23,26). The van der Waals surface area contributed by atoms with Crippen LogP contribution in [0.3, 0.4) is 0 Å². The maximum absolute atomic E-state index is 12.4. The van der Waals surface area contributed by atoms with E-state index in [0.717, 1.165) is 12.8 Å². The van der Waals surface area contributed by atoms with Gasteiger partial charge in [0.1, 0.15) is 5.75 Å². The molecule has 3 N–H and O–H groups in total. The van der Waals surface area contributed by atoms with Crippen LogP contribution < -0.4 is 10.6 Å². The molecule has 2 aromatic carbocycles. The molecule has 0 bridgehead atoms. The lowest BCUT2D eigenvalue weighted by Gasteiger charge is -2.14. The molecule has 2 rings (SSSR count). The van der Waals surface area contributed by atoms with Crippen molar-refractivity contribution >= 4 is 44.4 Å². The number of unbranched alkanes of at least 4 members (excludes halogenated alkanes) is 1. The zero-order valence-electron chi connectivity index (χ0n) is 15.8. The van der Waals surface area contributed by atoms with Crippen LogP contribution in [0.25, 0.3) is 10.8 Å². The summed E-state index contributed by atoms with van der Waals surface area (Å²) in [7, 11) is 0. The highest BCUT2D eigenvalue weighted by atomic mass is 79.9. The number of hydrogen-bond donors (Lipinski definition) is 3. The molecule has 0 aliphatic rings. The topological polar surface area (TPSA) is 87.7 Å². The van der Waals surface area contributed by atoms with Crippen molar-refractivity contribution in [2.24, 2.45) is 5.92 Å². The fourth-order valence-corrected chi connectivity index (χ4v) is 3.21. The smallest absolute Gasteiger partial charge is 0.411 e. The number of hydrogen-bond acceptors (Lipinski definition) is 4. The number of ether oxygens (including phenoxy) is 1. The molecule has 2 amide bonds. The van der Waals surface area contributed by atoms with Gasteiger partial charge in [-0.1, -0.05) is 55.3 Å². The lowest BCUT2D eigenvalue weighted by Crippen LogP contribution is -2.24. The van der Waals surface area contributed by atoms with E-state index < -0.39 is 6.09 Å². The summed E-state index contributed by atoms with van der Waals surface area (Å²) in [5, 5.41) is 17.2. The lowest BCUT2D eigenvalue weighted by molar-refractivity contribution is 0.0950. The number of fused-ring (bicyclic) bond motifs is 1. The van der Waals surface area contributed by atoms with Crippen LogP contribution in [0, 0.1) is 5.92 Å². The van der Waals surface area contributed by atoms with Crippen LogP contribution in [0.5, 0.6) is 5.75 Å². The second kappa shape index (κ2) is 9.60. The first-order chi connectivity index (χ1) is 12.8. The second-order valence-corrected chi connectivity index (χ2v) is 7.56. The molecule has 0 aliphatic heterocycles. The quantitative estimate of drug-likeness (QED) is 0.530. The van der Waals surface area contributed by atoms with Crippen molar-refractivity contribution in [1.82, 2.24) is 5.32 Å². The first-order valence-corrected chi connectivity index (χ1v) is 9.80. The molecule has 0 aromatic heterocycles. The highest BCUT2D eigenvalue weighted by Gasteiger charge is 2.19. The summed E-state index contributed by atoms with van der Waals surface area (Å²) in [5.41, 5.74) is 0.673. The van der Waals surface area contributed by atoms with Crippen LogP contribution in [0.2, 0.25) is 0 Å². The monoisotopic (exact) mass is 436 g/mol. The third-order valence-electron chi connectivity index (χ3n) is 3.93. The lowest BCUT2D eigenvalue weighted by atomic mass is 10.0. The Kier molecular flexibility index (Phi) is 7.47. The minimum Gasteiger partial charge on any atom is -0.506 e. The molecule has 0 aliphatic carbocycles. The average molecular weight is 437 g/mol. The van der Waals surface area contributed by atoms with Crippen molar-refractivity contribution in [3.05, 3.63) is 34.3 Å². The first-order valence-electron chi connectivity index (χ1n) is 9.01. The van der Waals surface area contributed by atoms with E-state index in [2.05, 4.69) is 26.6 Å².